The number of hydrogen-bond acceptors (Lipinski definition) is 4. The van der Waals surface area contributed by atoms with Crippen LogP contribution in [-0.4, -0.2) is 50.0 Å². The molecule has 0 aliphatic rings. The molecule has 0 radical (unpaired) electrons. The van der Waals surface area contributed by atoms with Gasteiger partial charge >= 0.3 is 0 Å². The summed E-state index contributed by atoms with van der Waals surface area (Å²) < 4.78 is 4.90. The fourth-order valence-electron chi connectivity index (χ4n) is 1.41. The summed E-state index contributed by atoms with van der Waals surface area (Å²) in [6, 6.07) is 0.0138. The molecule has 2 atom stereocenters. The Balaban J connectivity index is 3.50. The van der Waals surface area contributed by atoms with Crippen LogP contribution in [0.1, 0.15) is 26.7 Å². The van der Waals surface area contributed by atoms with Gasteiger partial charge in [0.1, 0.15) is 0 Å². The highest BCUT2D eigenvalue weighted by atomic mass is 16.5. The number of methoxy groups -OCH3 is 1. The van der Waals surface area contributed by atoms with Crippen molar-refractivity contribution in [2.75, 3.05) is 26.8 Å². The Labute approximate surface area is 97.6 Å². The lowest BCUT2D eigenvalue weighted by atomic mass is 10.2. The van der Waals surface area contributed by atoms with Crippen LogP contribution in [0.5, 0.6) is 0 Å². The first kappa shape index (κ1) is 15.3. The maximum Gasteiger partial charge on any atom is 0.234 e. The quantitative estimate of drug-likeness (QED) is 0.519. The van der Waals surface area contributed by atoms with E-state index in [1.54, 1.807) is 7.11 Å². The Morgan fingerprint density at radius 3 is 2.75 bits per heavy atom. The molecule has 0 bridgehead atoms. The molecule has 2 unspecified atom stereocenters. The van der Waals surface area contributed by atoms with Crippen LogP contribution < -0.4 is 10.6 Å². The topological polar surface area (TPSA) is 70.6 Å². The minimum absolute atomic E-state index is 0.0138. The molecular formula is C11H24N2O3. The molecule has 0 heterocycles. The van der Waals surface area contributed by atoms with Crippen LogP contribution in [0.2, 0.25) is 0 Å². The number of carbonyl (C=O) groups is 1. The van der Waals surface area contributed by atoms with Gasteiger partial charge in [-0.15, -0.1) is 0 Å². The zero-order valence-corrected chi connectivity index (χ0v) is 10.5. The van der Waals surface area contributed by atoms with E-state index in [4.69, 9.17) is 4.74 Å². The van der Waals surface area contributed by atoms with Crippen molar-refractivity contribution in [2.24, 2.45) is 0 Å². The lowest BCUT2D eigenvalue weighted by Gasteiger charge is -2.14. The number of amides is 1. The third-order valence-corrected chi connectivity index (χ3v) is 2.11. The molecule has 3 N–H and O–H groups in total. The normalized spacial score (nSPS) is 14.5. The van der Waals surface area contributed by atoms with Crippen LogP contribution >= 0.6 is 0 Å². The Kier molecular flexibility index (Phi) is 9.18. The van der Waals surface area contributed by atoms with Crippen LogP contribution in [0.3, 0.4) is 0 Å². The number of hydrogen-bond donors (Lipinski definition) is 3. The van der Waals surface area contributed by atoms with Crippen LogP contribution in [0.25, 0.3) is 0 Å². The van der Waals surface area contributed by atoms with E-state index in [1.165, 1.54) is 0 Å². The van der Waals surface area contributed by atoms with E-state index < -0.39 is 0 Å². The molecule has 0 aromatic rings. The highest BCUT2D eigenvalue weighted by Gasteiger charge is 2.07. The average Bonchev–Trinajstić information content (AvgIpc) is 2.18. The summed E-state index contributed by atoms with van der Waals surface area (Å²) in [6.45, 7) is 5.09. The Bertz CT molecular complexity index is 188. The fourth-order valence-corrected chi connectivity index (χ4v) is 1.41. The van der Waals surface area contributed by atoms with Gasteiger partial charge in [-0.3, -0.25) is 4.79 Å². The minimum Gasteiger partial charge on any atom is -0.392 e. The smallest absolute Gasteiger partial charge is 0.234 e. The number of rotatable bonds is 9. The summed E-state index contributed by atoms with van der Waals surface area (Å²) in [5.41, 5.74) is 0. The Morgan fingerprint density at radius 2 is 2.19 bits per heavy atom. The molecular weight excluding hydrogens is 208 g/mol. The minimum atomic E-state index is -0.366. The lowest BCUT2D eigenvalue weighted by molar-refractivity contribution is -0.121. The van der Waals surface area contributed by atoms with Crippen LogP contribution in [0, 0.1) is 0 Å². The van der Waals surface area contributed by atoms with Crippen LogP contribution in [0.15, 0.2) is 0 Å². The van der Waals surface area contributed by atoms with Gasteiger partial charge in [-0.2, -0.15) is 0 Å². The molecule has 5 heteroatoms. The van der Waals surface area contributed by atoms with Gasteiger partial charge in [0.15, 0.2) is 0 Å². The first-order valence-electron chi connectivity index (χ1n) is 5.77. The first-order chi connectivity index (χ1) is 7.60. The number of nitrogens with one attached hydrogen (secondary N) is 2. The molecule has 0 fully saturated rings. The van der Waals surface area contributed by atoms with Gasteiger partial charge in [-0.25, -0.2) is 0 Å². The van der Waals surface area contributed by atoms with Crippen molar-refractivity contribution in [2.45, 2.75) is 38.8 Å². The summed E-state index contributed by atoms with van der Waals surface area (Å²) >= 11 is 0. The van der Waals surface area contributed by atoms with Crippen molar-refractivity contribution in [1.29, 1.82) is 0 Å². The van der Waals surface area contributed by atoms with Gasteiger partial charge < -0.3 is 20.5 Å². The number of ether oxygens (including phenoxy) is 1. The first-order valence-corrected chi connectivity index (χ1v) is 5.77. The van der Waals surface area contributed by atoms with Gasteiger partial charge in [-0.05, 0) is 13.3 Å². The van der Waals surface area contributed by atoms with Crippen molar-refractivity contribution in [3.8, 4) is 0 Å². The standard InChI is InChI=1S/C11H24N2O3/c1-4-5-10(14)6-12-7-11(15)13-9(2)8-16-3/h9-10,12,14H,4-8H2,1-3H3,(H,13,15). The summed E-state index contributed by atoms with van der Waals surface area (Å²) in [5, 5.41) is 15.1. The van der Waals surface area contributed by atoms with Crippen LogP contribution in [-0.2, 0) is 9.53 Å². The summed E-state index contributed by atoms with van der Waals surface area (Å²) in [5.74, 6) is -0.0757. The molecule has 96 valence electrons. The summed E-state index contributed by atoms with van der Waals surface area (Å²) in [6.07, 6.45) is 1.34. The molecule has 16 heavy (non-hydrogen) atoms. The molecule has 0 aromatic carbocycles. The monoisotopic (exact) mass is 232 g/mol. The molecule has 0 spiro atoms. The van der Waals surface area contributed by atoms with E-state index in [9.17, 15) is 9.90 Å². The fraction of sp³-hybridized carbons (Fsp3) is 0.909. The van der Waals surface area contributed by atoms with E-state index in [1.807, 2.05) is 13.8 Å². The predicted molar refractivity (Wildman–Crippen MR) is 63.3 cm³/mol. The second kappa shape index (κ2) is 9.57. The summed E-state index contributed by atoms with van der Waals surface area (Å²) in [4.78, 5) is 11.4. The van der Waals surface area contributed by atoms with E-state index >= 15 is 0 Å². The largest absolute Gasteiger partial charge is 0.392 e. The van der Waals surface area contributed by atoms with Gasteiger partial charge in [0.25, 0.3) is 0 Å². The molecule has 0 rings (SSSR count). The van der Waals surface area contributed by atoms with Crippen molar-refractivity contribution in [3.63, 3.8) is 0 Å². The van der Waals surface area contributed by atoms with E-state index in [0.717, 1.165) is 12.8 Å². The molecule has 0 saturated carbocycles. The maximum atomic E-state index is 11.4. The van der Waals surface area contributed by atoms with Gasteiger partial charge in [-0.1, -0.05) is 13.3 Å². The second-order valence-corrected chi connectivity index (χ2v) is 4.00. The Hall–Kier alpha value is -0.650. The molecule has 0 aliphatic carbocycles. The number of aliphatic hydroxyl groups excluding tert-OH is 1. The van der Waals surface area contributed by atoms with E-state index in [2.05, 4.69) is 10.6 Å². The van der Waals surface area contributed by atoms with Gasteiger partial charge in [0, 0.05) is 19.7 Å². The SMILES string of the molecule is CCCC(O)CNCC(=O)NC(C)COC. The predicted octanol–water partition coefficient (Wildman–Crippen LogP) is -0.112. The third-order valence-electron chi connectivity index (χ3n) is 2.11. The second-order valence-electron chi connectivity index (χ2n) is 4.00. The highest BCUT2D eigenvalue weighted by Crippen LogP contribution is 1.93. The Morgan fingerprint density at radius 1 is 1.50 bits per heavy atom. The van der Waals surface area contributed by atoms with Crippen molar-refractivity contribution >= 4 is 5.91 Å². The number of aliphatic hydroxyl groups is 1. The van der Waals surface area contributed by atoms with Gasteiger partial charge in [0.05, 0.1) is 19.3 Å². The van der Waals surface area contributed by atoms with E-state index in [0.29, 0.717) is 13.2 Å². The van der Waals surface area contributed by atoms with Crippen LogP contribution in [0.4, 0.5) is 0 Å². The number of carbonyl (C=O) groups excluding carboxylic acids is 1. The van der Waals surface area contributed by atoms with Gasteiger partial charge in [0.2, 0.25) is 5.91 Å². The molecule has 5 nitrogen and oxygen atoms in total. The molecule has 1 amide bonds. The molecule has 0 aromatic heterocycles. The average molecular weight is 232 g/mol. The maximum absolute atomic E-state index is 11.4. The summed E-state index contributed by atoms with van der Waals surface area (Å²) in [7, 11) is 1.60. The molecule has 0 aliphatic heterocycles. The highest BCUT2D eigenvalue weighted by molar-refractivity contribution is 5.78. The van der Waals surface area contributed by atoms with Crippen molar-refractivity contribution in [3.05, 3.63) is 0 Å². The van der Waals surface area contributed by atoms with Crippen molar-refractivity contribution in [1.82, 2.24) is 10.6 Å². The van der Waals surface area contributed by atoms with E-state index in [-0.39, 0.29) is 24.6 Å². The molecule has 0 saturated heterocycles. The zero-order valence-electron chi connectivity index (χ0n) is 10.5. The lowest BCUT2D eigenvalue weighted by Crippen LogP contribution is -2.42. The zero-order chi connectivity index (χ0) is 12.4. The van der Waals surface area contributed by atoms with Crippen molar-refractivity contribution < 1.29 is 14.6 Å². The third kappa shape index (κ3) is 8.64.